The van der Waals surface area contributed by atoms with Gasteiger partial charge in [-0.2, -0.15) is 0 Å². The number of benzene rings is 7. The molecule has 7 aromatic carbocycles. The van der Waals surface area contributed by atoms with Crippen molar-refractivity contribution in [2.24, 2.45) is 0 Å². The minimum Gasteiger partial charge on any atom is -0.308 e. The maximum Gasteiger partial charge on any atom is 0.164 e. The minimum absolute atomic E-state index is 0.621. The van der Waals surface area contributed by atoms with Gasteiger partial charge in [0.2, 0.25) is 0 Å². The van der Waals surface area contributed by atoms with Crippen molar-refractivity contribution >= 4 is 53.4 Å². The lowest BCUT2D eigenvalue weighted by molar-refractivity contribution is 1.07. The zero-order valence-electron chi connectivity index (χ0n) is 30.0. The van der Waals surface area contributed by atoms with Crippen LogP contribution in [0.15, 0.2) is 188 Å². The van der Waals surface area contributed by atoms with Crippen LogP contribution in [-0.2, 0) is 0 Å². The van der Waals surface area contributed by atoms with Crippen LogP contribution in [0.4, 0.5) is 0 Å². The van der Waals surface area contributed by atoms with E-state index in [-0.39, 0.29) is 0 Å². The molecule has 56 heavy (non-hydrogen) atoms. The summed E-state index contributed by atoms with van der Waals surface area (Å²) in [6.07, 6.45) is 0. The van der Waals surface area contributed by atoms with E-state index in [0.717, 1.165) is 55.8 Å². The quantitative estimate of drug-likeness (QED) is 0.171. The Morgan fingerprint density at radius 3 is 1.62 bits per heavy atom. The maximum atomic E-state index is 5.31. The van der Waals surface area contributed by atoms with Crippen LogP contribution in [0.3, 0.4) is 0 Å². The van der Waals surface area contributed by atoms with E-state index in [4.69, 9.17) is 19.9 Å². The zero-order chi connectivity index (χ0) is 37.0. The lowest BCUT2D eigenvalue weighted by atomic mass is 10.0. The molecule has 0 amide bonds. The molecule has 5 nitrogen and oxygen atoms in total. The second kappa shape index (κ2) is 13.2. The van der Waals surface area contributed by atoms with Gasteiger partial charge in [0.1, 0.15) is 0 Å². The number of nitrogens with zero attached hydrogens (tertiary/aromatic N) is 5. The third-order valence-electron chi connectivity index (χ3n) is 10.4. The Morgan fingerprint density at radius 2 is 0.911 bits per heavy atom. The molecule has 0 radical (unpaired) electrons. The summed E-state index contributed by atoms with van der Waals surface area (Å²) in [7, 11) is 0. The van der Waals surface area contributed by atoms with E-state index in [1.807, 2.05) is 47.7 Å². The summed E-state index contributed by atoms with van der Waals surface area (Å²) in [6, 6.07) is 65.3. The zero-order valence-corrected chi connectivity index (χ0v) is 30.9. The number of thiophene rings is 1. The molecule has 6 heteroatoms. The predicted molar refractivity (Wildman–Crippen MR) is 232 cm³/mol. The number of hydrogen-bond acceptors (Lipinski definition) is 5. The van der Waals surface area contributed by atoms with Gasteiger partial charge in [-0.1, -0.05) is 146 Å². The molecule has 0 saturated carbocycles. The first-order chi connectivity index (χ1) is 27.8. The normalized spacial score (nSPS) is 11.6. The van der Waals surface area contributed by atoms with Crippen LogP contribution in [0.2, 0.25) is 0 Å². The molecule has 4 heterocycles. The molecule has 0 aliphatic carbocycles. The van der Waals surface area contributed by atoms with Gasteiger partial charge in [-0.3, -0.25) is 0 Å². The van der Waals surface area contributed by atoms with Crippen LogP contribution < -0.4 is 0 Å². The molecular weight excluding hydrogens is 703 g/mol. The molecule has 0 saturated heterocycles. The largest absolute Gasteiger partial charge is 0.308 e. The molecule has 0 fully saturated rings. The fourth-order valence-corrected chi connectivity index (χ4v) is 9.15. The van der Waals surface area contributed by atoms with E-state index in [1.165, 1.54) is 31.1 Å². The molecule has 0 bridgehead atoms. The van der Waals surface area contributed by atoms with E-state index >= 15 is 0 Å². The van der Waals surface area contributed by atoms with E-state index in [2.05, 4.69) is 156 Å². The van der Waals surface area contributed by atoms with Crippen LogP contribution in [0.25, 0.3) is 104 Å². The van der Waals surface area contributed by atoms with Gasteiger partial charge in [-0.25, -0.2) is 19.9 Å². The smallest absolute Gasteiger partial charge is 0.164 e. The molecular formula is C50H31N5S. The molecule has 11 rings (SSSR count). The number of pyridine rings is 1. The molecule has 0 N–H and O–H groups in total. The SMILES string of the molecule is c1ccc(-c2cccc(-c3nc(-c4ccccc4)nc(-c4ccc(-n5c6ccccc6c6sc7c8ccccc8nc(-c8ccccc8)c7c65)cc4)n3)c2)cc1. The Hall–Kier alpha value is -7.28. The van der Waals surface area contributed by atoms with Gasteiger partial charge in [-0.15, -0.1) is 11.3 Å². The van der Waals surface area contributed by atoms with Crippen molar-refractivity contribution in [2.45, 2.75) is 0 Å². The van der Waals surface area contributed by atoms with Crippen LogP contribution in [0.5, 0.6) is 0 Å². The molecule has 262 valence electrons. The number of aromatic nitrogens is 5. The summed E-state index contributed by atoms with van der Waals surface area (Å²) < 4.78 is 4.90. The van der Waals surface area contributed by atoms with Crippen molar-refractivity contribution in [3.8, 4) is 62.2 Å². The van der Waals surface area contributed by atoms with Crippen molar-refractivity contribution in [3.05, 3.63) is 188 Å². The summed E-state index contributed by atoms with van der Waals surface area (Å²) in [5.41, 5.74) is 11.5. The summed E-state index contributed by atoms with van der Waals surface area (Å²) in [4.78, 5) is 20.5. The molecule has 0 aliphatic heterocycles. The van der Waals surface area contributed by atoms with Crippen molar-refractivity contribution in [3.63, 3.8) is 0 Å². The van der Waals surface area contributed by atoms with Crippen LogP contribution >= 0.6 is 11.3 Å². The Balaban J connectivity index is 1.10. The molecule has 11 aromatic rings. The topological polar surface area (TPSA) is 56.5 Å². The number of para-hydroxylation sites is 2. The first-order valence-corrected chi connectivity index (χ1v) is 19.5. The number of rotatable bonds is 6. The van der Waals surface area contributed by atoms with Crippen molar-refractivity contribution in [2.75, 3.05) is 0 Å². The monoisotopic (exact) mass is 733 g/mol. The lowest BCUT2D eigenvalue weighted by Crippen LogP contribution is -2.01. The van der Waals surface area contributed by atoms with Gasteiger partial charge in [0.05, 0.1) is 26.9 Å². The standard InChI is InChI=1S/C50H31N5S/c1-4-15-32(16-5-1)36-21-14-22-37(31-36)50-53-48(34-19-8-3-9-20-34)52-49(54-50)35-27-29-38(30-28-35)55-42-26-13-11-24-40(42)47-45(55)43-44(33-17-6-2-7-18-33)51-41-25-12-10-23-39(41)46(43)56-47/h1-31H. The fraction of sp³-hybridized carbons (Fsp3) is 0. The lowest BCUT2D eigenvalue weighted by Gasteiger charge is -2.12. The summed E-state index contributed by atoms with van der Waals surface area (Å²) in [5.74, 6) is 1.89. The number of hydrogen-bond donors (Lipinski definition) is 0. The van der Waals surface area contributed by atoms with Gasteiger partial charge >= 0.3 is 0 Å². The van der Waals surface area contributed by atoms with Gasteiger partial charge in [-0.05, 0) is 53.6 Å². The Morgan fingerprint density at radius 1 is 0.375 bits per heavy atom. The van der Waals surface area contributed by atoms with E-state index in [1.54, 1.807) is 0 Å². The average Bonchev–Trinajstić information content (AvgIpc) is 3.82. The molecule has 4 aromatic heterocycles. The van der Waals surface area contributed by atoms with Crippen molar-refractivity contribution < 1.29 is 0 Å². The summed E-state index contributed by atoms with van der Waals surface area (Å²) in [6.45, 7) is 0. The van der Waals surface area contributed by atoms with Crippen molar-refractivity contribution in [1.82, 2.24) is 24.5 Å². The minimum atomic E-state index is 0.621. The number of fused-ring (bicyclic) bond motifs is 7. The third-order valence-corrected chi connectivity index (χ3v) is 11.7. The Kier molecular flexibility index (Phi) is 7.60. The highest BCUT2D eigenvalue weighted by Crippen LogP contribution is 2.47. The van der Waals surface area contributed by atoms with Gasteiger partial charge in [0.15, 0.2) is 17.5 Å². The third kappa shape index (κ3) is 5.38. The average molecular weight is 734 g/mol. The van der Waals surface area contributed by atoms with E-state index in [0.29, 0.717) is 17.5 Å². The van der Waals surface area contributed by atoms with Crippen LogP contribution in [-0.4, -0.2) is 24.5 Å². The predicted octanol–water partition coefficient (Wildman–Crippen LogP) is 13.1. The maximum absolute atomic E-state index is 5.31. The highest BCUT2D eigenvalue weighted by atomic mass is 32.1. The van der Waals surface area contributed by atoms with Gasteiger partial charge in [0.25, 0.3) is 0 Å². The van der Waals surface area contributed by atoms with E-state index in [9.17, 15) is 0 Å². The van der Waals surface area contributed by atoms with Gasteiger partial charge < -0.3 is 4.57 Å². The highest BCUT2D eigenvalue weighted by molar-refractivity contribution is 7.27. The molecule has 0 spiro atoms. The second-order valence-electron chi connectivity index (χ2n) is 13.8. The Labute approximate surface area is 326 Å². The molecule has 0 unspecified atom stereocenters. The first kappa shape index (κ1) is 32.2. The van der Waals surface area contributed by atoms with Crippen molar-refractivity contribution in [1.29, 1.82) is 0 Å². The van der Waals surface area contributed by atoms with E-state index < -0.39 is 0 Å². The Bertz CT molecular complexity index is 3230. The summed E-state index contributed by atoms with van der Waals surface area (Å²) in [5, 5.41) is 3.56. The van der Waals surface area contributed by atoms with Gasteiger partial charge in [0, 0.05) is 48.8 Å². The first-order valence-electron chi connectivity index (χ1n) is 18.6. The molecule has 0 aliphatic rings. The fourth-order valence-electron chi connectivity index (χ4n) is 7.80. The van der Waals surface area contributed by atoms with Crippen LogP contribution in [0, 0.1) is 0 Å². The summed E-state index contributed by atoms with van der Waals surface area (Å²) >= 11 is 1.86. The molecule has 0 atom stereocenters. The second-order valence-corrected chi connectivity index (χ2v) is 14.9. The highest BCUT2D eigenvalue weighted by Gasteiger charge is 2.23. The van der Waals surface area contributed by atoms with Crippen LogP contribution in [0.1, 0.15) is 0 Å².